The van der Waals surface area contributed by atoms with Gasteiger partial charge in [0.2, 0.25) is 11.8 Å². The molecule has 0 spiro atoms. The molecule has 1 aromatic carbocycles. The van der Waals surface area contributed by atoms with Crippen molar-refractivity contribution in [3.8, 4) is 0 Å². The highest BCUT2D eigenvalue weighted by Gasteiger charge is 2.27. The largest absolute Gasteiger partial charge is 0.478 e. The third-order valence-electron chi connectivity index (χ3n) is 2.78. The number of carboxylic acid groups (broad SMARTS) is 1. The molecule has 100 valence electrons. The van der Waals surface area contributed by atoms with E-state index in [0.717, 1.165) is 3.57 Å². The summed E-state index contributed by atoms with van der Waals surface area (Å²) in [5.74, 6) is -1.67. The van der Waals surface area contributed by atoms with Gasteiger partial charge in [0, 0.05) is 9.99 Å². The van der Waals surface area contributed by atoms with Crippen molar-refractivity contribution in [1.82, 2.24) is 5.32 Å². The van der Waals surface area contributed by atoms with E-state index >= 15 is 0 Å². The van der Waals surface area contributed by atoms with Gasteiger partial charge in [0.1, 0.15) is 6.04 Å². The first-order valence-corrected chi connectivity index (χ1v) is 6.68. The van der Waals surface area contributed by atoms with Gasteiger partial charge in [-0.15, -0.1) is 0 Å². The molecule has 2 rings (SSSR count). The molecule has 0 bridgehead atoms. The number of rotatable bonds is 3. The molecule has 1 unspecified atom stereocenters. The molecule has 0 radical (unpaired) electrons. The second kappa shape index (κ2) is 5.55. The maximum absolute atomic E-state index is 11.9. The van der Waals surface area contributed by atoms with Crippen LogP contribution in [0.3, 0.4) is 0 Å². The van der Waals surface area contributed by atoms with Crippen LogP contribution in [0.2, 0.25) is 0 Å². The van der Waals surface area contributed by atoms with Crippen LogP contribution in [0.1, 0.15) is 23.2 Å². The molecular weight excluding hydrogens is 363 g/mol. The Kier molecular flexibility index (Phi) is 4.03. The normalized spacial score (nSPS) is 17.9. The summed E-state index contributed by atoms with van der Waals surface area (Å²) in [4.78, 5) is 34.0. The van der Waals surface area contributed by atoms with Gasteiger partial charge < -0.3 is 15.7 Å². The highest BCUT2D eigenvalue weighted by atomic mass is 127. The van der Waals surface area contributed by atoms with Gasteiger partial charge in [0.15, 0.2) is 0 Å². The lowest BCUT2D eigenvalue weighted by Crippen LogP contribution is -2.37. The minimum atomic E-state index is -1.11. The Bertz CT molecular complexity index is 559. The number of nitrogens with one attached hydrogen (secondary N) is 2. The Balaban J connectivity index is 2.17. The van der Waals surface area contributed by atoms with Gasteiger partial charge in [-0.25, -0.2) is 4.79 Å². The summed E-state index contributed by atoms with van der Waals surface area (Å²) >= 11 is 2.00. The lowest BCUT2D eigenvalue weighted by molar-refractivity contribution is -0.122. The van der Waals surface area contributed by atoms with Crippen LogP contribution in [0, 0.1) is 3.57 Å². The smallest absolute Gasteiger partial charge is 0.337 e. The third-order valence-corrected chi connectivity index (χ3v) is 3.45. The molecule has 1 heterocycles. The van der Waals surface area contributed by atoms with Crippen LogP contribution in [0.25, 0.3) is 0 Å². The van der Waals surface area contributed by atoms with E-state index in [1.165, 1.54) is 6.07 Å². The maximum Gasteiger partial charge on any atom is 0.337 e. The van der Waals surface area contributed by atoms with Gasteiger partial charge in [-0.05, 0) is 47.2 Å². The fourth-order valence-corrected chi connectivity index (χ4v) is 2.32. The van der Waals surface area contributed by atoms with Crippen molar-refractivity contribution in [2.75, 3.05) is 5.32 Å². The molecule has 1 aromatic rings. The monoisotopic (exact) mass is 374 g/mol. The summed E-state index contributed by atoms with van der Waals surface area (Å²) < 4.78 is 0.766. The van der Waals surface area contributed by atoms with Crippen LogP contribution in [0.5, 0.6) is 0 Å². The number of benzene rings is 1. The maximum atomic E-state index is 11.9. The van der Waals surface area contributed by atoms with E-state index in [1.807, 2.05) is 22.6 Å². The molecular formula is C12H11IN2O4. The zero-order valence-corrected chi connectivity index (χ0v) is 11.9. The van der Waals surface area contributed by atoms with Gasteiger partial charge >= 0.3 is 5.97 Å². The standard InChI is InChI=1S/C12H11IN2O4/c13-6-1-2-8(7(5-6)12(18)19)15-11(17)9-3-4-10(16)14-9/h1-2,5,9H,3-4H2,(H,14,16)(H,15,17)(H,18,19). The van der Waals surface area contributed by atoms with Gasteiger partial charge in [0.25, 0.3) is 0 Å². The molecule has 2 amide bonds. The minimum Gasteiger partial charge on any atom is -0.478 e. The lowest BCUT2D eigenvalue weighted by atomic mass is 10.1. The number of anilines is 1. The Labute approximate surface area is 122 Å². The molecule has 1 aliphatic rings. The number of hydrogen-bond acceptors (Lipinski definition) is 3. The molecule has 19 heavy (non-hydrogen) atoms. The number of hydrogen-bond donors (Lipinski definition) is 3. The third kappa shape index (κ3) is 3.22. The molecule has 7 heteroatoms. The molecule has 0 saturated carbocycles. The molecule has 1 atom stereocenters. The summed E-state index contributed by atoms with van der Waals surface area (Å²) in [5, 5.41) is 14.2. The molecule has 1 saturated heterocycles. The van der Waals surface area contributed by atoms with Crippen molar-refractivity contribution in [2.24, 2.45) is 0 Å². The molecule has 6 nitrogen and oxygen atoms in total. The van der Waals surface area contributed by atoms with Gasteiger partial charge in [-0.1, -0.05) is 0 Å². The van der Waals surface area contributed by atoms with Crippen molar-refractivity contribution in [3.05, 3.63) is 27.3 Å². The number of carboxylic acids is 1. The fourth-order valence-electron chi connectivity index (χ4n) is 1.83. The van der Waals surface area contributed by atoms with E-state index in [1.54, 1.807) is 12.1 Å². The van der Waals surface area contributed by atoms with Crippen LogP contribution >= 0.6 is 22.6 Å². The van der Waals surface area contributed by atoms with Crippen LogP contribution in [0.15, 0.2) is 18.2 Å². The topological polar surface area (TPSA) is 95.5 Å². The molecule has 1 fully saturated rings. The zero-order chi connectivity index (χ0) is 14.0. The van der Waals surface area contributed by atoms with E-state index in [2.05, 4.69) is 10.6 Å². The molecule has 3 N–H and O–H groups in total. The highest BCUT2D eigenvalue weighted by Crippen LogP contribution is 2.20. The predicted molar refractivity (Wildman–Crippen MR) is 75.9 cm³/mol. The second-order valence-electron chi connectivity index (χ2n) is 4.14. The van der Waals surface area contributed by atoms with E-state index < -0.39 is 17.9 Å². The van der Waals surface area contributed by atoms with Crippen LogP contribution < -0.4 is 10.6 Å². The Hall–Kier alpha value is -1.64. The SMILES string of the molecule is O=C1CCC(C(=O)Nc2ccc(I)cc2C(=O)O)N1. The first kappa shape index (κ1) is 13.8. The first-order chi connectivity index (χ1) is 8.97. The summed E-state index contributed by atoms with van der Waals surface area (Å²) in [5.41, 5.74) is 0.267. The van der Waals surface area contributed by atoms with Crippen molar-refractivity contribution < 1.29 is 19.5 Å². The lowest BCUT2D eigenvalue weighted by Gasteiger charge is -2.13. The zero-order valence-electron chi connectivity index (χ0n) is 9.77. The van der Waals surface area contributed by atoms with Crippen molar-refractivity contribution in [2.45, 2.75) is 18.9 Å². The van der Waals surface area contributed by atoms with E-state index in [-0.39, 0.29) is 17.2 Å². The van der Waals surface area contributed by atoms with Gasteiger partial charge in [0.05, 0.1) is 11.3 Å². The average molecular weight is 374 g/mol. The van der Waals surface area contributed by atoms with E-state index in [4.69, 9.17) is 5.11 Å². The van der Waals surface area contributed by atoms with E-state index in [9.17, 15) is 14.4 Å². The summed E-state index contributed by atoms with van der Waals surface area (Å²) in [6.45, 7) is 0. The number of carbonyl (C=O) groups excluding carboxylic acids is 2. The minimum absolute atomic E-state index is 0.0320. The van der Waals surface area contributed by atoms with Crippen molar-refractivity contribution >= 4 is 46.1 Å². The van der Waals surface area contributed by atoms with Gasteiger partial charge in [-0.2, -0.15) is 0 Å². The van der Waals surface area contributed by atoms with Crippen molar-refractivity contribution in [3.63, 3.8) is 0 Å². The highest BCUT2D eigenvalue weighted by molar-refractivity contribution is 14.1. The first-order valence-electron chi connectivity index (χ1n) is 5.60. The quantitative estimate of drug-likeness (QED) is 0.693. The Morgan fingerprint density at radius 3 is 2.74 bits per heavy atom. The summed E-state index contributed by atoms with van der Waals surface area (Å²) in [6.07, 6.45) is 0.744. The molecule has 1 aliphatic heterocycles. The molecule has 0 aromatic heterocycles. The number of amides is 2. The van der Waals surface area contributed by atoms with Crippen LogP contribution in [0.4, 0.5) is 5.69 Å². The fraction of sp³-hybridized carbons (Fsp3) is 0.250. The molecule has 0 aliphatic carbocycles. The van der Waals surface area contributed by atoms with Crippen molar-refractivity contribution in [1.29, 1.82) is 0 Å². The Morgan fingerprint density at radius 2 is 2.16 bits per heavy atom. The Morgan fingerprint density at radius 1 is 1.42 bits per heavy atom. The number of aromatic carboxylic acids is 1. The summed E-state index contributed by atoms with van der Waals surface area (Å²) in [6, 6.07) is 4.13. The number of carbonyl (C=O) groups is 3. The summed E-state index contributed by atoms with van der Waals surface area (Å²) in [7, 11) is 0. The average Bonchev–Trinajstić information content (AvgIpc) is 2.78. The predicted octanol–water partition coefficient (Wildman–Crippen LogP) is 1.21. The van der Waals surface area contributed by atoms with E-state index in [0.29, 0.717) is 12.8 Å². The van der Waals surface area contributed by atoms with Crippen LogP contribution in [-0.2, 0) is 9.59 Å². The van der Waals surface area contributed by atoms with Gasteiger partial charge in [-0.3, -0.25) is 9.59 Å². The second-order valence-corrected chi connectivity index (χ2v) is 5.39. The van der Waals surface area contributed by atoms with Crippen LogP contribution in [-0.4, -0.2) is 28.9 Å². The number of halogens is 1.